The highest BCUT2D eigenvalue weighted by molar-refractivity contribution is 5.37. The molecule has 5 nitrogen and oxygen atoms in total. The highest BCUT2D eigenvalue weighted by atomic mass is 16.5. The summed E-state index contributed by atoms with van der Waals surface area (Å²) < 4.78 is 6.35. The molecule has 0 amide bonds. The quantitative estimate of drug-likeness (QED) is 0.879. The fraction of sp³-hybridized carbons (Fsp3) is 0.231. The third-order valence-electron chi connectivity index (χ3n) is 2.71. The van der Waals surface area contributed by atoms with Crippen LogP contribution in [0.1, 0.15) is 11.3 Å². The van der Waals surface area contributed by atoms with E-state index in [2.05, 4.69) is 5.10 Å². The Labute approximate surface area is 104 Å². The van der Waals surface area contributed by atoms with E-state index in [0.29, 0.717) is 16.9 Å². The summed E-state index contributed by atoms with van der Waals surface area (Å²) in [5.74, 6) is 0.718. The Morgan fingerprint density at radius 2 is 2.00 bits per heavy atom. The van der Waals surface area contributed by atoms with Crippen LogP contribution in [0.25, 0.3) is 5.69 Å². The molecule has 2 rings (SSSR count). The lowest BCUT2D eigenvalue weighted by Gasteiger charge is -2.08. The van der Waals surface area contributed by atoms with Gasteiger partial charge in [-0.25, -0.2) is 0 Å². The van der Waals surface area contributed by atoms with Gasteiger partial charge in [-0.1, -0.05) is 0 Å². The number of aliphatic hydroxyl groups is 1. The number of ether oxygens (including phenoxy) is 1. The van der Waals surface area contributed by atoms with E-state index >= 15 is 0 Å². The number of aliphatic hydroxyl groups excluding tert-OH is 1. The van der Waals surface area contributed by atoms with Gasteiger partial charge in [0.25, 0.3) is 5.56 Å². The Kier molecular flexibility index (Phi) is 3.43. The zero-order chi connectivity index (χ0) is 13.1. The average molecular weight is 246 g/mol. The summed E-state index contributed by atoms with van der Waals surface area (Å²) >= 11 is 0. The first kappa shape index (κ1) is 12.3. The Balaban J connectivity index is 2.50. The second-order valence-corrected chi connectivity index (χ2v) is 3.86. The molecule has 1 aromatic heterocycles. The van der Waals surface area contributed by atoms with Crippen LogP contribution in [0.5, 0.6) is 5.75 Å². The van der Waals surface area contributed by atoms with Crippen LogP contribution < -0.4 is 10.3 Å². The summed E-state index contributed by atoms with van der Waals surface area (Å²) in [4.78, 5) is 11.9. The molecule has 1 N–H and O–H groups in total. The van der Waals surface area contributed by atoms with Gasteiger partial charge in [-0.05, 0) is 31.2 Å². The molecule has 0 saturated carbocycles. The maximum Gasteiger partial charge on any atom is 0.271 e. The summed E-state index contributed by atoms with van der Waals surface area (Å²) in [6, 6.07) is 8.43. The van der Waals surface area contributed by atoms with Crippen LogP contribution in [0.4, 0.5) is 0 Å². The summed E-state index contributed by atoms with van der Waals surface area (Å²) in [7, 11) is 1.58. The lowest BCUT2D eigenvalue weighted by Crippen LogP contribution is -2.22. The molecule has 0 bridgehead atoms. The Bertz CT molecular complexity index is 603. The highest BCUT2D eigenvalue weighted by Crippen LogP contribution is 2.13. The van der Waals surface area contributed by atoms with E-state index in [-0.39, 0.29) is 12.2 Å². The monoisotopic (exact) mass is 246 g/mol. The van der Waals surface area contributed by atoms with Crippen molar-refractivity contribution in [2.45, 2.75) is 13.5 Å². The minimum atomic E-state index is -0.269. The van der Waals surface area contributed by atoms with E-state index < -0.39 is 0 Å². The van der Waals surface area contributed by atoms with Crippen molar-refractivity contribution in [1.29, 1.82) is 0 Å². The molecule has 0 aliphatic heterocycles. The predicted molar refractivity (Wildman–Crippen MR) is 67.0 cm³/mol. The van der Waals surface area contributed by atoms with Gasteiger partial charge in [0, 0.05) is 11.6 Å². The zero-order valence-corrected chi connectivity index (χ0v) is 10.3. The van der Waals surface area contributed by atoms with Crippen LogP contribution in [0, 0.1) is 6.92 Å². The molecule has 94 valence electrons. The van der Waals surface area contributed by atoms with Gasteiger partial charge in [0.1, 0.15) is 5.75 Å². The van der Waals surface area contributed by atoms with E-state index in [4.69, 9.17) is 9.84 Å². The molecule has 0 atom stereocenters. The second-order valence-electron chi connectivity index (χ2n) is 3.86. The van der Waals surface area contributed by atoms with Crippen molar-refractivity contribution in [1.82, 2.24) is 9.78 Å². The van der Waals surface area contributed by atoms with Crippen LogP contribution in [0.15, 0.2) is 35.1 Å². The van der Waals surface area contributed by atoms with Gasteiger partial charge in [0.2, 0.25) is 0 Å². The van der Waals surface area contributed by atoms with Gasteiger partial charge >= 0.3 is 0 Å². The molecule has 0 radical (unpaired) electrons. The molecule has 1 aromatic carbocycles. The number of nitrogens with zero attached hydrogens (tertiary/aromatic N) is 2. The average Bonchev–Trinajstić information content (AvgIpc) is 2.41. The van der Waals surface area contributed by atoms with E-state index in [1.807, 2.05) is 0 Å². The SMILES string of the molecule is COc1ccc(-n2nc(C)c(CO)cc2=O)cc1. The molecule has 0 unspecified atom stereocenters. The number of aromatic nitrogens is 2. The van der Waals surface area contributed by atoms with E-state index in [1.165, 1.54) is 10.7 Å². The number of hydrogen-bond donors (Lipinski definition) is 1. The van der Waals surface area contributed by atoms with Gasteiger partial charge in [0.15, 0.2) is 0 Å². The third kappa shape index (κ3) is 2.26. The molecule has 0 spiro atoms. The molecule has 18 heavy (non-hydrogen) atoms. The third-order valence-corrected chi connectivity index (χ3v) is 2.71. The molecule has 0 aliphatic rings. The fourth-order valence-electron chi connectivity index (χ4n) is 1.65. The van der Waals surface area contributed by atoms with Crippen molar-refractivity contribution in [3.8, 4) is 11.4 Å². The minimum Gasteiger partial charge on any atom is -0.497 e. The van der Waals surface area contributed by atoms with E-state index in [0.717, 1.165) is 5.75 Å². The summed E-state index contributed by atoms with van der Waals surface area (Å²) in [5, 5.41) is 13.2. The van der Waals surface area contributed by atoms with Gasteiger partial charge < -0.3 is 9.84 Å². The zero-order valence-electron chi connectivity index (χ0n) is 10.3. The first-order chi connectivity index (χ1) is 8.65. The van der Waals surface area contributed by atoms with E-state index in [9.17, 15) is 4.79 Å². The second kappa shape index (κ2) is 5.01. The van der Waals surface area contributed by atoms with Gasteiger partial charge in [-0.3, -0.25) is 4.79 Å². The molecule has 0 fully saturated rings. The van der Waals surface area contributed by atoms with Crippen molar-refractivity contribution in [3.63, 3.8) is 0 Å². The van der Waals surface area contributed by atoms with Crippen molar-refractivity contribution in [2.75, 3.05) is 7.11 Å². The summed E-state index contributed by atoms with van der Waals surface area (Å²) in [5.41, 5.74) is 1.57. The Morgan fingerprint density at radius 3 is 2.56 bits per heavy atom. The normalized spacial score (nSPS) is 10.4. The first-order valence-corrected chi connectivity index (χ1v) is 5.51. The van der Waals surface area contributed by atoms with E-state index in [1.54, 1.807) is 38.3 Å². The number of rotatable bonds is 3. The van der Waals surface area contributed by atoms with Crippen molar-refractivity contribution < 1.29 is 9.84 Å². The van der Waals surface area contributed by atoms with Crippen LogP contribution in [-0.2, 0) is 6.61 Å². The molecule has 0 aliphatic carbocycles. The van der Waals surface area contributed by atoms with Gasteiger partial charge in [-0.2, -0.15) is 9.78 Å². The van der Waals surface area contributed by atoms with Gasteiger partial charge in [0.05, 0.1) is 25.1 Å². The number of benzene rings is 1. The number of methoxy groups -OCH3 is 1. The smallest absolute Gasteiger partial charge is 0.271 e. The highest BCUT2D eigenvalue weighted by Gasteiger charge is 2.06. The topological polar surface area (TPSA) is 64.3 Å². The number of hydrogen-bond acceptors (Lipinski definition) is 4. The molecule has 1 heterocycles. The van der Waals surface area contributed by atoms with Crippen LogP contribution in [-0.4, -0.2) is 22.0 Å². The molecule has 2 aromatic rings. The number of aryl methyl sites for hydroxylation is 1. The minimum absolute atomic E-state index is 0.183. The largest absolute Gasteiger partial charge is 0.497 e. The molecular formula is C13H14N2O3. The van der Waals surface area contributed by atoms with Crippen molar-refractivity contribution in [2.24, 2.45) is 0 Å². The summed E-state index contributed by atoms with van der Waals surface area (Å²) in [6.07, 6.45) is 0. The summed E-state index contributed by atoms with van der Waals surface area (Å²) in [6.45, 7) is 1.57. The molecular weight excluding hydrogens is 232 g/mol. The van der Waals surface area contributed by atoms with Crippen molar-refractivity contribution >= 4 is 0 Å². The molecule has 5 heteroatoms. The maximum atomic E-state index is 11.9. The lowest BCUT2D eigenvalue weighted by atomic mass is 10.2. The Morgan fingerprint density at radius 1 is 1.33 bits per heavy atom. The van der Waals surface area contributed by atoms with Crippen LogP contribution in [0.3, 0.4) is 0 Å². The standard InChI is InChI=1S/C13H14N2O3/c1-9-10(8-16)7-13(17)15(14-9)11-3-5-12(18-2)6-4-11/h3-7,16H,8H2,1-2H3. The predicted octanol–water partition coefficient (Wildman–Crippen LogP) is 1.04. The van der Waals surface area contributed by atoms with Crippen LogP contribution in [0.2, 0.25) is 0 Å². The van der Waals surface area contributed by atoms with Crippen LogP contribution >= 0.6 is 0 Å². The van der Waals surface area contributed by atoms with Gasteiger partial charge in [-0.15, -0.1) is 0 Å². The first-order valence-electron chi connectivity index (χ1n) is 5.51. The Hall–Kier alpha value is -2.14. The maximum absolute atomic E-state index is 11.9. The van der Waals surface area contributed by atoms with Crippen molar-refractivity contribution in [3.05, 3.63) is 51.9 Å². The fourth-order valence-corrected chi connectivity index (χ4v) is 1.65. The molecule has 0 saturated heterocycles. The lowest BCUT2D eigenvalue weighted by molar-refractivity contribution is 0.279.